The number of carbonyl (C=O) groups is 3. The molecule has 4 aromatic rings. The van der Waals surface area contributed by atoms with E-state index in [0.717, 1.165) is 24.0 Å². The zero-order valence-corrected chi connectivity index (χ0v) is 24.3. The highest BCUT2D eigenvalue weighted by Crippen LogP contribution is 2.30. The summed E-state index contributed by atoms with van der Waals surface area (Å²) in [7, 11) is 0. The molecular weight excluding hydrogens is 554 g/mol. The Hall–Kier alpha value is -5.37. The third kappa shape index (κ3) is 8.35. The van der Waals surface area contributed by atoms with Crippen LogP contribution in [0.3, 0.4) is 0 Å². The maximum absolute atomic E-state index is 13.3. The monoisotopic (exact) mass is 589 g/mol. The molecule has 0 fully saturated rings. The standard InChI is InChI=1S/C36H35N3O5/c40-33(41)22-23-37-35(42)29-20-18-28(19-21-29)34(27-16-14-26(15-17-27)25-8-3-1-4-9-25)39-36(43)38-30-10-7-13-32(24-30)44-31-11-5-2-6-12-31/h2,5-8,10-21,24,34H,1,3-4,9,22-23H2,(H,37,42)(H,40,41)(H2,38,39,43). The van der Waals surface area contributed by atoms with Crippen molar-refractivity contribution in [1.82, 2.24) is 10.6 Å². The lowest BCUT2D eigenvalue weighted by atomic mass is 9.91. The summed E-state index contributed by atoms with van der Waals surface area (Å²) in [6.07, 6.45) is 6.71. The molecule has 0 bridgehead atoms. The predicted octanol–water partition coefficient (Wildman–Crippen LogP) is 7.55. The van der Waals surface area contributed by atoms with Gasteiger partial charge in [0.2, 0.25) is 0 Å². The molecule has 1 aliphatic rings. The maximum Gasteiger partial charge on any atom is 0.319 e. The first-order chi connectivity index (χ1) is 21.4. The van der Waals surface area contributed by atoms with Gasteiger partial charge in [-0.05, 0) is 84.3 Å². The van der Waals surface area contributed by atoms with E-state index in [1.165, 1.54) is 24.0 Å². The van der Waals surface area contributed by atoms with Crippen molar-refractivity contribution in [3.05, 3.63) is 131 Å². The molecule has 0 heterocycles. The molecule has 4 N–H and O–H groups in total. The zero-order chi connectivity index (χ0) is 30.7. The molecule has 1 aliphatic carbocycles. The number of para-hydroxylation sites is 1. The van der Waals surface area contributed by atoms with E-state index in [-0.39, 0.29) is 18.9 Å². The third-order valence-corrected chi connectivity index (χ3v) is 7.38. The number of carboxylic acid groups (broad SMARTS) is 1. The van der Waals surface area contributed by atoms with Gasteiger partial charge < -0.3 is 25.8 Å². The lowest BCUT2D eigenvalue weighted by Gasteiger charge is -2.22. The van der Waals surface area contributed by atoms with Gasteiger partial charge in [-0.1, -0.05) is 66.7 Å². The van der Waals surface area contributed by atoms with E-state index >= 15 is 0 Å². The van der Waals surface area contributed by atoms with Gasteiger partial charge in [-0.2, -0.15) is 0 Å². The number of rotatable bonds is 11. The average Bonchev–Trinajstić information content (AvgIpc) is 3.05. The lowest BCUT2D eigenvalue weighted by molar-refractivity contribution is -0.136. The molecule has 44 heavy (non-hydrogen) atoms. The number of carbonyl (C=O) groups excluding carboxylic acids is 2. The van der Waals surface area contributed by atoms with Crippen molar-refractivity contribution in [2.24, 2.45) is 0 Å². The van der Waals surface area contributed by atoms with E-state index < -0.39 is 18.0 Å². The van der Waals surface area contributed by atoms with E-state index in [9.17, 15) is 14.4 Å². The molecule has 1 unspecified atom stereocenters. The minimum atomic E-state index is -0.978. The summed E-state index contributed by atoms with van der Waals surface area (Å²) in [5.74, 6) is -0.0483. The molecule has 3 amide bonds. The normalized spacial score (nSPS) is 13.2. The van der Waals surface area contributed by atoms with Crippen LogP contribution in [0.25, 0.3) is 5.57 Å². The Morgan fingerprint density at radius 1 is 0.795 bits per heavy atom. The van der Waals surface area contributed by atoms with Gasteiger partial charge in [-0.25, -0.2) is 4.79 Å². The van der Waals surface area contributed by atoms with Crippen molar-refractivity contribution in [1.29, 1.82) is 0 Å². The van der Waals surface area contributed by atoms with Crippen molar-refractivity contribution in [3.63, 3.8) is 0 Å². The van der Waals surface area contributed by atoms with E-state index in [2.05, 4.69) is 34.2 Å². The fourth-order valence-electron chi connectivity index (χ4n) is 5.12. The van der Waals surface area contributed by atoms with Crippen LogP contribution in [0, 0.1) is 0 Å². The van der Waals surface area contributed by atoms with Gasteiger partial charge in [0.05, 0.1) is 12.5 Å². The van der Waals surface area contributed by atoms with Crippen LogP contribution in [-0.2, 0) is 4.79 Å². The SMILES string of the molecule is O=C(O)CCNC(=O)c1ccc(C(NC(=O)Nc2cccc(Oc3ccccc3)c2)c2ccc(C3=CCCCC3)cc2)cc1. The number of amides is 3. The Morgan fingerprint density at radius 2 is 1.50 bits per heavy atom. The number of hydrogen-bond acceptors (Lipinski definition) is 4. The van der Waals surface area contributed by atoms with Gasteiger partial charge in [-0.15, -0.1) is 0 Å². The summed E-state index contributed by atoms with van der Waals surface area (Å²) in [5.41, 5.74) is 5.18. The lowest BCUT2D eigenvalue weighted by Crippen LogP contribution is -2.33. The molecule has 0 radical (unpaired) electrons. The molecule has 0 aromatic heterocycles. The van der Waals surface area contributed by atoms with Crippen LogP contribution in [-0.4, -0.2) is 29.6 Å². The second-order valence-corrected chi connectivity index (χ2v) is 10.6. The first-order valence-electron chi connectivity index (χ1n) is 14.7. The van der Waals surface area contributed by atoms with E-state index in [4.69, 9.17) is 9.84 Å². The summed E-state index contributed by atoms with van der Waals surface area (Å²) < 4.78 is 5.91. The molecule has 8 heteroatoms. The molecule has 0 saturated carbocycles. The summed E-state index contributed by atoms with van der Waals surface area (Å²) in [4.78, 5) is 36.6. The van der Waals surface area contributed by atoms with E-state index in [0.29, 0.717) is 22.7 Å². The molecule has 5 rings (SSSR count). The van der Waals surface area contributed by atoms with Crippen molar-refractivity contribution in [2.75, 3.05) is 11.9 Å². The van der Waals surface area contributed by atoms with Gasteiger partial charge in [-0.3, -0.25) is 9.59 Å². The first-order valence-corrected chi connectivity index (χ1v) is 14.7. The number of anilines is 1. The minimum absolute atomic E-state index is 0.0423. The third-order valence-electron chi connectivity index (χ3n) is 7.38. The Balaban J connectivity index is 1.33. The predicted molar refractivity (Wildman–Crippen MR) is 171 cm³/mol. The number of nitrogens with one attached hydrogen (secondary N) is 3. The minimum Gasteiger partial charge on any atom is -0.481 e. The van der Waals surface area contributed by atoms with E-state index in [1.54, 1.807) is 36.4 Å². The summed E-state index contributed by atoms with van der Waals surface area (Å²) in [6.45, 7) is 0.0423. The Labute approximate surface area is 256 Å². The fraction of sp³-hybridized carbons (Fsp3) is 0.194. The molecule has 8 nitrogen and oxygen atoms in total. The Kier molecular flexibility index (Phi) is 10.0. The Morgan fingerprint density at radius 3 is 2.18 bits per heavy atom. The highest BCUT2D eigenvalue weighted by Gasteiger charge is 2.19. The second-order valence-electron chi connectivity index (χ2n) is 10.6. The highest BCUT2D eigenvalue weighted by molar-refractivity contribution is 5.94. The van der Waals surface area contributed by atoms with Crippen molar-refractivity contribution in [3.8, 4) is 11.5 Å². The number of urea groups is 1. The van der Waals surface area contributed by atoms with Gasteiger partial charge in [0.15, 0.2) is 0 Å². The molecular formula is C36H35N3O5. The van der Waals surface area contributed by atoms with Crippen molar-refractivity contribution in [2.45, 2.75) is 38.1 Å². The van der Waals surface area contributed by atoms with Crippen molar-refractivity contribution >= 4 is 29.2 Å². The van der Waals surface area contributed by atoms with Crippen LogP contribution < -0.4 is 20.7 Å². The number of benzene rings is 4. The van der Waals surface area contributed by atoms with Crippen molar-refractivity contribution < 1.29 is 24.2 Å². The maximum atomic E-state index is 13.3. The van der Waals surface area contributed by atoms with Gasteiger partial charge in [0, 0.05) is 23.9 Å². The summed E-state index contributed by atoms with van der Waals surface area (Å²) in [5, 5.41) is 17.4. The first kappa shape index (κ1) is 30.1. The van der Waals surface area contributed by atoms with Crippen LogP contribution >= 0.6 is 0 Å². The number of allylic oxidation sites excluding steroid dienone is 2. The number of hydrogen-bond donors (Lipinski definition) is 4. The average molecular weight is 590 g/mol. The van der Waals surface area contributed by atoms with E-state index in [1.807, 2.05) is 54.6 Å². The number of aliphatic carboxylic acids is 1. The van der Waals surface area contributed by atoms with Gasteiger partial charge in [0.1, 0.15) is 11.5 Å². The quantitative estimate of drug-likeness (QED) is 0.144. The fourth-order valence-corrected chi connectivity index (χ4v) is 5.12. The smallest absolute Gasteiger partial charge is 0.319 e. The Bertz CT molecular complexity index is 1620. The molecule has 0 saturated heterocycles. The number of carboxylic acids is 1. The number of ether oxygens (including phenoxy) is 1. The molecule has 1 atom stereocenters. The van der Waals surface area contributed by atoms with Crippen LogP contribution in [0.2, 0.25) is 0 Å². The van der Waals surface area contributed by atoms with Crippen LogP contribution in [0.5, 0.6) is 11.5 Å². The molecule has 0 aliphatic heterocycles. The largest absolute Gasteiger partial charge is 0.481 e. The van der Waals surface area contributed by atoms with Crippen LogP contribution in [0.1, 0.15) is 65.2 Å². The molecule has 0 spiro atoms. The molecule has 224 valence electrons. The zero-order valence-electron chi connectivity index (χ0n) is 24.3. The van der Waals surface area contributed by atoms with Crippen LogP contribution in [0.4, 0.5) is 10.5 Å². The summed E-state index contributed by atoms with van der Waals surface area (Å²) >= 11 is 0. The second kappa shape index (κ2) is 14.7. The topological polar surface area (TPSA) is 117 Å². The van der Waals surface area contributed by atoms with Gasteiger partial charge in [0.25, 0.3) is 5.91 Å². The summed E-state index contributed by atoms with van der Waals surface area (Å²) in [6, 6.07) is 30.8. The van der Waals surface area contributed by atoms with Crippen LogP contribution in [0.15, 0.2) is 109 Å². The molecule has 4 aromatic carbocycles. The highest BCUT2D eigenvalue weighted by atomic mass is 16.5. The van der Waals surface area contributed by atoms with Gasteiger partial charge >= 0.3 is 12.0 Å².